The second-order valence-corrected chi connectivity index (χ2v) is 9.12. The highest BCUT2D eigenvalue weighted by molar-refractivity contribution is 6.26. The maximum atomic E-state index is 13.8. The van der Waals surface area contributed by atoms with Crippen LogP contribution < -0.4 is 19.8 Å². The first kappa shape index (κ1) is 29.8. The molecule has 0 bridgehead atoms. The van der Waals surface area contributed by atoms with Gasteiger partial charge in [0.1, 0.15) is 5.69 Å². The van der Waals surface area contributed by atoms with E-state index in [-0.39, 0.29) is 17.0 Å². The molecule has 3 aromatic rings. The average Bonchev–Trinajstić information content (AvgIpc) is 3.25. The van der Waals surface area contributed by atoms with Gasteiger partial charge in [-0.15, -0.1) is 0 Å². The molecule has 1 saturated heterocycles. The van der Waals surface area contributed by atoms with Crippen molar-refractivity contribution in [2.45, 2.75) is 19.1 Å². The van der Waals surface area contributed by atoms with Gasteiger partial charge in [-0.2, -0.15) is 13.2 Å². The van der Waals surface area contributed by atoms with Crippen molar-refractivity contribution in [1.29, 1.82) is 0 Å². The van der Waals surface area contributed by atoms with E-state index in [1.165, 1.54) is 21.3 Å². The minimum atomic E-state index is -5.08. The van der Waals surface area contributed by atoms with Gasteiger partial charge in [-0.1, -0.05) is 0 Å². The van der Waals surface area contributed by atoms with E-state index in [9.17, 15) is 22.8 Å². The number of rotatable bonds is 7. The summed E-state index contributed by atoms with van der Waals surface area (Å²) in [5.74, 6) is -1.74. The minimum absolute atomic E-state index is 0.173. The standard InChI is InChI=1S/C25H27N3O6.C2HF3O2/c1-31-18-13-16-17(14-19(18)32-2)25(30)28(8-4-7-27-9-11-34-12-10-27)23-15-5-6-20(33-3)26-22(15)24(29)21(16)23;3-2(4,5)1(6)7/h5-6,13-14H,4,7-12H2,1-3H3;(H,6,7). The molecule has 3 heterocycles. The molecule has 5 rings (SSSR count). The quantitative estimate of drug-likeness (QED) is 0.349. The van der Waals surface area contributed by atoms with Gasteiger partial charge in [-0.3, -0.25) is 14.5 Å². The predicted molar refractivity (Wildman–Crippen MR) is 140 cm³/mol. The summed E-state index contributed by atoms with van der Waals surface area (Å²) in [5.41, 5.74) is 1.81. The van der Waals surface area contributed by atoms with Crippen molar-refractivity contribution in [2.75, 3.05) is 54.2 Å². The van der Waals surface area contributed by atoms with Crippen molar-refractivity contribution < 1.29 is 46.8 Å². The maximum absolute atomic E-state index is 13.8. The van der Waals surface area contributed by atoms with E-state index in [0.29, 0.717) is 51.5 Å². The summed E-state index contributed by atoms with van der Waals surface area (Å²) < 4.78 is 55.0. The number of aliphatic carboxylic acids is 1. The van der Waals surface area contributed by atoms with Gasteiger partial charge < -0.3 is 28.6 Å². The Balaban J connectivity index is 0.000000493. The number of hydrogen-bond acceptors (Lipinski definition) is 9. The number of aromatic nitrogens is 2. The number of hydrogen-bond donors (Lipinski definition) is 1. The Bertz CT molecular complexity index is 1530. The Labute approximate surface area is 232 Å². The van der Waals surface area contributed by atoms with E-state index in [1.807, 2.05) is 0 Å². The number of nitrogens with zero attached hydrogens (tertiary/aromatic N) is 3. The average molecular weight is 580 g/mol. The van der Waals surface area contributed by atoms with Crippen molar-refractivity contribution in [3.63, 3.8) is 0 Å². The Morgan fingerprint density at radius 1 is 1.00 bits per heavy atom. The zero-order chi connectivity index (χ0) is 29.9. The van der Waals surface area contributed by atoms with Crippen LogP contribution >= 0.6 is 0 Å². The lowest BCUT2D eigenvalue weighted by atomic mass is 10.0. The van der Waals surface area contributed by atoms with Crippen LogP contribution in [0.5, 0.6) is 17.4 Å². The fourth-order valence-corrected chi connectivity index (χ4v) is 4.81. The normalized spacial score (nSPS) is 14.6. The number of fused-ring (bicyclic) bond motifs is 5. The number of methoxy groups -OCH3 is 3. The molecule has 2 aliphatic rings. The Morgan fingerprint density at radius 3 is 2.17 bits per heavy atom. The molecule has 11 nitrogen and oxygen atoms in total. The van der Waals surface area contributed by atoms with E-state index in [1.54, 1.807) is 28.8 Å². The number of carbonyl (C=O) groups is 2. The van der Waals surface area contributed by atoms with Crippen LogP contribution in [0, 0.1) is 0 Å². The van der Waals surface area contributed by atoms with Crippen LogP contribution in [0.4, 0.5) is 13.2 Å². The second-order valence-electron chi connectivity index (χ2n) is 9.12. The third-order valence-electron chi connectivity index (χ3n) is 6.75. The van der Waals surface area contributed by atoms with Crippen LogP contribution in [-0.4, -0.2) is 91.7 Å². The van der Waals surface area contributed by atoms with Gasteiger partial charge in [0, 0.05) is 43.2 Å². The number of carbonyl (C=O) groups excluding carboxylic acids is 1. The molecule has 1 aliphatic carbocycles. The summed E-state index contributed by atoms with van der Waals surface area (Å²) in [6.45, 7) is 4.53. The summed E-state index contributed by atoms with van der Waals surface area (Å²) in [7, 11) is 4.56. The van der Waals surface area contributed by atoms with Crippen LogP contribution in [0.1, 0.15) is 22.5 Å². The number of morpholine rings is 1. The van der Waals surface area contributed by atoms with E-state index in [2.05, 4.69) is 9.88 Å². The molecule has 0 atom stereocenters. The van der Waals surface area contributed by atoms with Crippen molar-refractivity contribution in [2.24, 2.45) is 0 Å². The fraction of sp³-hybridized carbons (Fsp3) is 0.407. The smallest absolute Gasteiger partial charge is 0.490 e. The molecule has 1 fully saturated rings. The van der Waals surface area contributed by atoms with Gasteiger partial charge in [0.05, 0.1) is 51.2 Å². The Hall–Kier alpha value is -4.17. The van der Waals surface area contributed by atoms with E-state index >= 15 is 0 Å². The molecular weight excluding hydrogens is 551 g/mol. The number of pyridine rings is 2. The molecule has 1 aromatic carbocycles. The van der Waals surface area contributed by atoms with Crippen molar-refractivity contribution >= 4 is 22.5 Å². The highest BCUT2D eigenvalue weighted by Gasteiger charge is 2.38. The summed E-state index contributed by atoms with van der Waals surface area (Å²) >= 11 is 0. The number of carboxylic acid groups (broad SMARTS) is 1. The zero-order valence-electron chi connectivity index (χ0n) is 22.5. The third-order valence-corrected chi connectivity index (χ3v) is 6.75. The lowest BCUT2D eigenvalue weighted by molar-refractivity contribution is -0.192. The topological polar surface area (TPSA) is 129 Å². The van der Waals surface area contributed by atoms with Crippen LogP contribution in [0.2, 0.25) is 0 Å². The molecular formula is C27H28F3N3O8. The largest absolute Gasteiger partial charge is 0.493 e. The van der Waals surface area contributed by atoms with E-state index in [4.69, 9.17) is 28.8 Å². The minimum Gasteiger partial charge on any atom is -0.493 e. The molecule has 0 amide bonds. The summed E-state index contributed by atoms with van der Waals surface area (Å²) in [6, 6.07) is 6.87. The van der Waals surface area contributed by atoms with Crippen LogP contribution in [0.3, 0.4) is 0 Å². The number of halogens is 3. The molecule has 2 aromatic heterocycles. The molecule has 0 radical (unpaired) electrons. The molecule has 0 saturated carbocycles. The van der Waals surface area contributed by atoms with Crippen molar-refractivity contribution in [3.05, 3.63) is 45.9 Å². The highest BCUT2D eigenvalue weighted by atomic mass is 19.4. The number of ketones is 1. The third kappa shape index (κ3) is 5.98. The molecule has 220 valence electrons. The van der Waals surface area contributed by atoms with Crippen LogP contribution in [-0.2, 0) is 16.1 Å². The Kier molecular flexibility index (Phi) is 8.83. The zero-order valence-corrected chi connectivity index (χ0v) is 22.5. The highest BCUT2D eigenvalue weighted by Crippen LogP contribution is 2.42. The molecule has 41 heavy (non-hydrogen) atoms. The monoisotopic (exact) mass is 579 g/mol. The predicted octanol–water partition coefficient (Wildman–Crippen LogP) is 2.99. The fourth-order valence-electron chi connectivity index (χ4n) is 4.81. The molecule has 1 N–H and O–H groups in total. The van der Waals surface area contributed by atoms with E-state index in [0.717, 1.165) is 39.3 Å². The first-order valence-electron chi connectivity index (χ1n) is 12.5. The number of alkyl halides is 3. The summed E-state index contributed by atoms with van der Waals surface area (Å²) in [6.07, 6.45) is -4.32. The molecule has 1 aliphatic heterocycles. The number of benzene rings is 1. The lowest BCUT2D eigenvalue weighted by Crippen LogP contribution is -2.37. The molecule has 0 spiro atoms. The van der Waals surface area contributed by atoms with E-state index < -0.39 is 12.1 Å². The first-order chi connectivity index (χ1) is 19.5. The maximum Gasteiger partial charge on any atom is 0.490 e. The first-order valence-corrected chi connectivity index (χ1v) is 12.5. The molecule has 0 unspecified atom stereocenters. The summed E-state index contributed by atoms with van der Waals surface area (Å²) in [4.78, 5) is 43.0. The SMILES string of the molecule is COc1ccc2c(n1)C(=O)c1c-2n(CCCN2CCOCC2)c(=O)c2cc(OC)c(OC)cc12.O=C(O)C(F)(F)F. The second kappa shape index (κ2) is 12.1. The van der Waals surface area contributed by atoms with Gasteiger partial charge in [-0.05, 0) is 24.6 Å². The van der Waals surface area contributed by atoms with Gasteiger partial charge in [-0.25, -0.2) is 9.78 Å². The number of ether oxygens (including phenoxy) is 4. The van der Waals surface area contributed by atoms with Crippen molar-refractivity contribution in [3.8, 4) is 28.6 Å². The summed E-state index contributed by atoms with van der Waals surface area (Å²) in [5, 5.41) is 8.07. The van der Waals surface area contributed by atoms with Crippen LogP contribution in [0.25, 0.3) is 22.0 Å². The lowest BCUT2D eigenvalue weighted by Gasteiger charge is -2.26. The van der Waals surface area contributed by atoms with Gasteiger partial charge in [0.15, 0.2) is 11.5 Å². The van der Waals surface area contributed by atoms with Gasteiger partial charge in [0.2, 0.25) is 11.7 Å². The van der Waals surface area contributed by atoms with Gasteiger partial charge in [0.25, 0.3) is 5.56 Å². The Morgan fingerprint density at radius 2 is 1.61 bits per heavy atom. The van der Waals surface area contributed by atoms with Gasteiger partial charge >= 0.3 is 12.1 Å². The van der Waals surface area contributed by atoms with Crippen molar-refractivity contribution in [1.82, 2.24) is 14.5 Å². The molecule has 14 heteroatoms. The number of carboxylic acids is 1. The van der Waals surface area contributed by atoms with Crippen LogP contribution in [0.15, 0.2) is 29.1 Å².